The number of hydrogen-bond acceptors (Lipinski definition) is 3. The summed E-state index contributed by atoms with van der Waals surface area (Å²) >= 11 is 1.25. The van der Waals surface area contributed by atoms with Gasteiger partial charge in [0, 0.05) is 15.7 Å². The van der Waals surface area contributed by atoms with Crippen LogP contribution in [-0.4, -0.2) is 22.7 Å². The Kier molecular flexibility index (Phi) is 4.29. The molecule has 0 saturated heterocycles. The van der Waals surface area contributed by atoms with Crippen molar-refractivity contribution < 1.29 is 14.3 Å². The highest BCUT2D eigenvalue weighted by atomic mass is 32.2. The second kappa shape index (κ2) is 5.28. The van der Waals surface area contributed by atoms with Gasteiger partial charge in [-0.15, -0.1) is 11.8 Å². The normalized spacial score (nSPS) is 12.5. The van der Waals surface area contributed by atoms with Crippen molar-refractivity contribution in [2.24, 2.45) is 0 Å². The summed E-state index contributed by atoms with van der Waals surface area (Å²) in [6, 6.07) is 4.40. The topological polar surface area (TPSA) is 37.3 Å². The average Bonchev–Trinajstić information content (AvgIpc) is 2.20. The molecule has 1 aromatic rings. The molecule has 4 heteroatoms. The first-order valence-corrected chi connectivity index (χ1v) is 5.50. The molecule has 0 aliphatic heterocycles. The Morgan fingerprint density at radius 2 is 2.27 bits per heavy atom. The van der Waals surface area contributed by atoms with Crippen LogP contribution in [0.4, 0.5) is 4.39 Å². The molecule has 0 aliphatic rings. The third-order valence-electron chi connectivity index (χ3n) is 1.92. The van der Waals surface area contributed by atoms with E-state index in [0.717, 1.165) is 0 Å². The van der Waals surface area contributed by atoms with E-state index in [2.05, 4.69) is 0 Å². The molecule has 1 rings (SSSR count). The zero-order valence-electron chi connectivity index (χ0n) is 8.66. The molecular formula is C11H13FO2S. The van der Waals surface area contributed by atoms with Gasteiger partial charge in [-0.2, -0.15) is 0 Å². The summed E-state index contributed by atoms with van der Waals surface area (Å²) in [5, 5.41) is 8.78. The van der Waals surface area contributed by atoms with Crippen LogP contribution in [0, 0.1) is 5.82 Å². The van der Waals surface area contributed by atoms with Gasteiger partial charge in [0.05, 0.1) is 6.61 Å². The molecule has 0 radical (unpaired) electrons. The van der Waals surface area contributed by atoms with E-state index in [1.165, 1.54) is 24.8 Å². The van der Waals surface area contributed by atoms with E-state index in [-0.39, 0.29) is 17.6 Å². The van der Waals surface area contributed by atoms with Crippen LogP contribution in [0.25, 0.3) is 0 Å². The van der Waals surface area contributed by atoms with Gasteiger partial charge >= 0.3 is 0 Å². The maximum atomic E-state index is 13.5. The van der Waals surface area contributed by atoms with Crippen LogP contribution in [0.15, 0.2) is 23.1 Å². The lowest BCUT2D eigenvalue weighted by molar-refractivity contribution is 0.101. The minimum absolute atomic E-state index is 0.00142. The Bertz CT molecular complexity index is 366. The van der Waals surface area contributed by atoms with Gasteiger partial charge in [-0.05, 0) is 19.1 Å². The minimum atomic E-state index is -0.409. The number of halogens is 1. The van der Waals surface area contributed by atoms with Crippen molar-refractivity contribution in [1.29, 1.82) is 0 Å². The first-order valence-electron chi connectivity index (χ1n) is 4.62. The molecule has 15 heavy (non-hydrogen) atoms. The quantitative estimate of drug-likeness (QED) is 0.635. The fourth-order valence-electron chi connectivity index (χ4n) is 1.07. The number of aliphatic hydroxyl groups excluding tert-OH is 1. The summed E-state index contributed by atoms with van der Waals surface area (Å²) in [5.74, 6) is -0.561. The molecule has 1 N–H and O–H groups in total. The molecule has 1 aromatic carbocycles. The SMILES string of the molecule is CC(=O)c1ccc(SC(C)CO)c(F)c1. The second-order valence-electron chi connectivity index (χ2n) is 3.31. The Morgan fingerprint density at radius 3 is 2.73 bits per heavy atom. The number of hydrogen-bond donors (Lipinski definition) is 1. The first-order chi connectivity index (χ1) is 7.04. The number of rotatable bonds is 4. The summed E-state index contributed by atoms with van der Waals surface area (Å²) in [4.78, 5) is 11.4. The molecule has 0 saturated carbocycles. The minimum Gasteiger partial charge on any atom is -0.395 e. The van der Waals surface area contributed by atoms with Crippen molar-refractivity contribution in [3.63, 3.8) is 0 Å². The summed E-state index contributed by atoms with van der Waals surface area (Å²) in [5.41, 5.74) is 0.369. The molecule has 0 spiro atoms. The summed E-state index contributed by atoms with van der Waals surface area (Å²) in [7, 11) is 0. The number of benzene rings is 1. The first kappa shape index (κ1) is 12.2. The van der Waals surface area contributed by atoms with Crippen molar-refractivity contribution >= 4 is 17.5 Å². The zero-order valence-corrected chi connectivity index (χ0v) is 9.47. The molecule has 2 nitrogen and oxygen atoms in total. The van der Waals surface area contributed by atoms with Gasteiger partial charge in [0.1, 0.15) is 5.82 Å². The Morgan fingerprint density at radius 1 is 1.60 bits per heavy atom. The van der Waals surface area contributed by atoms with Gasteiger partial charge in [-0.1, -0.05) is 13.0 Å². The predicted molar refractivity (Wildman–Crippen MR) is 58.8 cm³/mol. The maximum absolute atomic E-state index is 13.5. The predicted octanol–water partition coefficient (Wildman–Crippen LogP) is 2.50. The third-order valence-corrected chi connectivity index (χ3v) is 3.06. The number of Topliss-reactive ketones (excluding diaryl/α,β-unsaturated/α-hetero) is 1. The summed E-state index contributed by atoms with van der Waals surface area (Å²) < 4.78 is 13.5. The van der Waals surface area contributed by atoms with Crippen molar-refractivity contribution in [2.45, 2.75) is 24.0 Å². The molecular weight excluding hydrogens is 215 g/mol. The highest BCUT2D eigenvalue weighted by Crippen LogP contribution is 2.26. The van der Waals surface area contributed by atoms with E-state index in [0.29, 0.717) is 10.5 Å². The van der Waals surface area contributed by atoms with Crippen LogP contribution in [0.5, 0.6) is 0 Å². The average molecular weight is 228 g/mol. The van der Waals surface area contributed by atoms with E-state index in [4.69, 9.17) is 5.11 Å². The fraction of sp³-hybridized carbons (Fsp3) is 0.364. The Labute approximate surface area is 92.5 Å². The van der Waals surface area contributed by atoms with E-state index < -0.39 is 5.82 Å². The molecule has 0 amide bonds. The van der Waals surface area contributed by atoms with Gasteiger partial charge in [-0.3, -0.25) is 4.79 Å². The lowest BCUT2D eigenvalue weighted by Gasteiger charge is -2.08. The van der Waals surface area contributed by atoms with Gasteiger partial charge < -0.3 is 5.11 Å². The highest BCUT2D eigenvalue weighted by Gasteiger charge is 2.09. The van der Waals surface area contributed by atoms with Crippen molar-refractivity contribution in [2.75, 3.05) is 6.61 Å². The molecule has 0 aliphatic carbocycles. The number of carbonyl (C=O) groups is 1. The number of thioether (sulfide) groups is 1. The molecule has 1 unspecified atom stereocenters. The highest BCUT2D eigenvalue weighted by molar-refractivity contribution is 8.00. The molecule has 0 heterocycles. The van der Waals surface area contributed by atoms with E-state index in [9.17, 15) is 9.18 Å². The number of carbonyl (C=O) groups excluding carboxylic acids is 1. The molecule has 0 fully saturated rings. The monoisotopic (exact) mass is 228 g/mol. The molecule has 0 bridgehead atoms. The van der Waals surface area contributed by atoms with E-state index in [1.54, 1.807) is 12.1 Å². The van der Waals surface area contributed by atoms with Gasteiger partial charge in [0.2, 0.25) is 0 Å². The molecule has 1 atom stereocenters. The summed E-state index contributed by atoms with van der Waals surface area (Å²) in [6.07, 6.45) is 0. The second-order valence-corrected chi connectivity index (χ2v) is 4.79. The standard InChI is InChI=1S/C11H13FO2S/c1-7(6-13)15-11-4-3-9(8(2)14)5-10(11)12/h3-5,7,13H,6H2,1-2H3. The Balaban J connectivity index is 2.88. The van der Waals surface area contributed by atoms with Gasteiger partial charge in [0.25, 0.3) is 0 Å². The Hall–Kier alpha value is -0.870. The van der Waals surface area contributed by atoms with E-state index >= 15 is 0 Å². The number of aliphatic hydroxyl groups is 1. The third kappa shape index (κ3) is 3.32. The van der Waals surface area contributed by atoms with Crippen LogP contribution < -0.4 is 0 Å². The lowest BCUT2D eigenvalue weighted by Crippen LogP contribution is -2.02. The van der Waals surface area contributed by atoms with Crippen molar-refractivity contribution in [3.8, 4) is 0 Å². The van der Waals surface area contributed by atoms with Crippen molar-refractivity contribution in [1.82, 2.24) is 0 Å². The fourth-order valence-corrected chi connectivity index (χ4v) is 1.90. The molecule has 0 aromatic heterocycles. The maximum Gasteiger partial charge on any atom is 0.159 e. The van der Waals surface area contributed by atoms with Crippen LogP contribution in [0.2, 0.25) is 0 Å². The van der Waals surface area contributed by atoms with E-state index in [1.807, 2.05) is 6.92 Å². The van der Waals surface area contributed by atoms with Crippen LogP contribution >= 0.6 is 11.8 Å². The van der Waals surface area contributed by atoms with Crippen LogP contribution in [-0.2, 0) is 0 Å². The van der Waals surface area contributed by atoms with Gasteiger partial charge in [0.15, 0.2) is 5.78 Å². The summed E-state index contributed by atoms with van der Waals surface area (Å²) in [6.45, 7) is 3.21. The van der Waals surface area contributed by atoms with Crippen LogP contribution in [0.3, 0.4) is 0 Å². The lowest BCUT2D eigenvalue weighted by atomic mass is 10.1. The smallest absolute Gasteiger partial charge is 0.159 e. The number of ketones is 1. The van der Waals surface area contributed by atoms with Gasteiger partial charge in [-0.25, -0.2) is 4.39 Å². The largest absolute Gasteiger partial charge is 0.395 e. The van der Waals surface area contributed by atoms with Crippen molar-refractivity contribution in [3.05, 3.63) is 29.6 Å². The molecule has 82 valence electrons. The zero-order chi connectivity index (χ0) is 11.4. The van der Waals surface area contributed by atoms with Crippen LogP contribution in [0.1, 0.15) is 24.2 Å².